The standard InChI is InChI=1S/C22H23Br2N3O4S/c23-16-13-14(3-4-15(16)20(29)27-9-1-2-10-27)25-21(30)22(7-11-31-12-8-22)26-19(28)17-5-6-18(24)32-17/h3-6,13H,1-2,7-12H2,(H,25,30)(H,26,28). The van der Waals surface area contributed by atoms with E-state index in [1.165, 1.54) is 11.3 Å². The number of ether oxygens (including phenoxy) is 1. The average Bonchev–Trinajstić information content (AvgIpc) is 3.46. The van der Waals surface area contributed by atoms with Gasteiger partial charge in [-0.1, -0.05) is 0 Å². The summed E-state index contributed by atoms with van der Waals surface area (Å²) in [7, 11) is 0. The van der Waals surface area contributed by atoms with Gasteiger partial charge >= 0.3 is 0 Å². The SMILES string of the molecule is O=C(NC1(C(=O)Nc2ccc(C(=O)N3CCCC3)c(Br)c2)CCOCC1)c1ccc(Br)s1. The third-order valence-electron chi connectivity index (χ3n) is 5.78. The lowest BCUT2D eigenvalue weighted by molar-refractivity contribution is -0.125. The molecule has 0 unspecified atom stereocenters. The topological polar surface area (TPSA) is 87.7 Å². The summed E-state index contributed by atoms with van der Waals surface area (Å²) in [5.74, 6) is -0.594. The molecule has 2 aliphatic heterocycles. The lowest BCUT2D eigenvalue weighted by Gasteiger charge is -2.36. The maximum atomic E-state index is 13.3. The largest absolute Gasteiger partial charge is 0.381 e. The molecule has 170 valence electrons. The Hall–Kier alpha value is -1.75. The van der Waals surface area contributed by atoms with Crippen molar-refractivity contribution in [2.75, 3.05) is 31.6 Å². The number of nitrogens with zero attached hydrogens (tertiary/aromatic N) is 1. The van der Waals surface area contributed by atoms with E-state index in [-0.39, 0.29) is 17.7 Å². The Bertz CT molecular complexity index is 1030. The van der Waals surface area contributed by atoms with Crippen LogP contribution in [0.4, 0.5) is 5.69 Å². The minimum atomic E-state index is -1.07. The molecule has 0 saturated carbocycles. The van der Waals surface area contributed by atoms with Crippen molar-refractivity contribution in [3.8, 4) is 0 Å². The first-order valence-electron chi connectivity index (χ1n) is 10.4. The van der Waals surface area contributed by atoms with Gasteiger partial charge in [-0.15, -0.1) is 11.3 Å². The van der Waals surface area contributed by atoms with Gasteiger partial charge in [0, 0.05) is 49.3 Å². The number of halogens is 2. The first-order valence-corrected chi connectivity index (χ1v) is 12.8. The van der Waals surface area contributed by atoms with E-state index in [2.05, 4.69) is 42.5 Å². The Morgan fingerprint density at radius 2 is 1.75 bits per heavy atom. The van der Waals surface area contributed by atoms with E-state index < -0.39 is 5.54 Å². The van der Waals surface area contributed by atoms with Crippen LogP contribution in [0.25, 0.3) is 0 Å². The Labute approximate surface area is 207 Å². The van der Waals surface area contributed by atoms with E-state index in [0.29, 0.717) is 46.7 Å². The molecule has 3 heterocycles. The zero-order valence-corrected chi connectivity index (χ0v) is 21.3. The fourth-order valence-corrected chi connectivity index (χ4v) is 5.78. The number of hydrogen-bond donors (Lipinski definition) is 2. The summed E-state index contributed by atoms with van der Waals surface area (Å²) in [5.41, 5.74) is 0.0589. The molecule has 10 heteroatoms. The molecule has 1 aromatic carbocycles. The molecular weight excluding hydrogens is 562 g/mol. The number of hydrogen-bond acceptors (Lipinski definition) is 5. The molecule has 4 rings (SSSR count). The van der Waals surface area contributed by atoms with E-state index >= 15 is 0 Å². The third-order valence-corrected chi connectivity index (χ3v) is 8.06. The number of nitrogens with one attached hydrogen (secondary N) is 2. The normalized spacial score (nSPS) is 17.8. The van der Waals surface area contributed by atoms with E-state index in [0.717, 1.165) is 29.7 Å². The monoisotopic (exact) mass is 583 g/mol. The van der Waals surface area contributed by atoms with Gasteiger partial charge in [0.15, 0.2) is 0 Å². The fraction of sp³-hybridized carbons (Fsp3) is 0.409. The van der Waals surface area contributed by atoms with Crippen molar-refractivity contribution in [1.82, 2.24) is 10.2 Å². The molecule has 3 amide bonds. The minimum Gasteiger partial charge on any atom is -0.381 e. The molecule has 2 aromatic rings. The van der Waals surface area contributed by atoms with Gasteiger partial charge in [0.05, 0.1) is 14.2 Å². The quantitative estimate of drug-likeness (QED) is 0.544. The summed E-state index contributed by atoms with van der Waals surface area (Å²) < 4.78 is 6.91. The maximum absolute atomic E-state index is 13.3. The Kier molecular flexibility index (Phi) is 7.34. The number of benzene rings is 1. The van der Waals surface area contributed by atoms with E-state index in [9.17, 15) is 14.4 Å². The summed E-state index contributed by atoms with van der Waals surface area (Å²) in [4.78, 5) is 41.2. The van der Waals surface area contributed by atoms with Gasteiger partial charge in [-0.05, 0) is 75.0 Å². The summed E-state index contributed by atoms with van der Waals surface area (Å²) in [6, 6.07) is 8.70. The van der Waals surface area contributed by atoms with Gasteiger partial charge in [0.2, 0.25) is 5.91 Å². The first kappa shape index (κ1) is 23.4. The van der Waals surface area contributed by atoms with Gasteiger partial charge in [0.1, 0.15) is 5.54 Å². The van der Waals surface area contributed by atoms with Crippen molar-refractivity contribution in [2.45, 2.75) is 31.2 Å². The van der Waals surface area contributed by atoms with Crippen LogP contribution in [-0.4, -0.2) is 54.5 Å². The zero-order chi connectivity index (χ0) is 22.7. The Morgan fingerprint density at radius 3 is 2.38 bits per heavy atom. The number of anilines is 1. The number of rotatable bonds is 5. The fourth-order valence-electron chi connectivity index (χ4n) is 3.95. The van der Waals surface area contributed by atoms with Crippen LogP contribution in [0.1, 0.15) is 45.7 Å². The molecule has 0 spiro atoms. The minimum absolute atomic E-state index is 0.0116. The number of carbonyl (C=O) groups excluding carboxylic acids is 3. The second-order valence-corrected chi connectivity index (χ2v) is 11.2. The first-order chi connectivity index (χ1) is 15.4. The van der Waals surface area contributed by atoms with Gasteiger partial charge in [-0.25, -0.2) is 0 Å². The third kappa shape index (κ3) is 5.08. The smallest absolute Gasteiger partial charge is 0.262 e. The highest BCUT2D eigenvalue weighted by Crippen LogP contribution is 2.28. The van der Waals surface area contributed by atoms with Crippen molar-refractivity contribution in [1.29, 1.82) is 0 Å². The lowest BCUT2D eigenvalue weighted by atomic mass is 9.88. The van der Waals surface area contributed by atoms with Gasteiger partial charge in [-0.2, -0.15) is 0 Å². The molecule has 2 saturated heterocycles. The molecule has 2 fully saturated rings. The van der Waals surface area contributed by atoms with Crippen molar-refractivity contribution in [2.24, 2.45) is 0 Å². The highest BCUT2D eigenvalue weighted by Gasteiger charge is 2.42. The van der Waals surface area contributed by atoms with Crippen molar-refractivity contribution in [3.05, 3.63) is 49.0 Å². The van der Waals surface area contributed by atoms with Crippen LogP contribution in [0.3, 0.4) is 0 Å². The van der Waals surface area contributed by atoms with E-state index in [1.807, 2.05) is 4.90 Å². The predicted molar refractivity (Wildman–Crippen MR) is 130 cm³/mol. The van der Waals surface area contributed by atoms with Crippen LogP contribution < -0.4 is 10.6 Å². The van der Waals surface area contributed by atoms with Crippen LogP contribution in [-0.2, 0) is 9.53 Å². The molecule has 2 aliphatic rings. The van der Waals surface area contributed by atoms with Gasteiger partial charge in [-0.3, -0.25) is 14.4 Å². The van der Waals surface area contributed by atoms with E-state index in [4.69, 9.17) is 4.74 Å². The highest BCUT2D eigenvalue weighted by atomic mass is 79.9. The molecular formula is C22H23Br2N3O4S. The van der Waals surface area contributed by atoms with Gasteiger partial charge in [0.25, 0.3) is 11.8 Å². The van der Waals surface area contributed by atoms with Crippen LogP contribution in [0.5, 0.6) is 0 Å². The second-order valence-electron chi connectivity index (χ2n) is 7.90. The average molecular weight is 585 g/mol. The number of likely N-dealkylation sites (tertiary alicyclic amines) is 1. The second kappa shape index (κ2) is 10.0. The summed E-state index contributed by atoms with van der Waals surface area (Å²) in [6.07, 6.45) is 2.81. The lowest BCUT2D eigenvalue weighted by Crippen LogP contribution is -2.59. The van der Waals surface area contributed by atoms with E-state index in [1.54, 1.807) is 30.3 Å². The molecule has 2 N–H and O–H groups in total. The van der Waals surface area contributed by atoms with Crippen molar-refractivity contribution < 1.29 is 19.1 Å². The zero-order valence-electron chi connectivity index (χ0n) is 17.3. The molecule has 32 heavy (non-hydrogen) atoms. The molecule has 0 radical (unpaired) electrons. The molecule has 0 bridgehead atoms. The Balaban J connectivity index is 1.50. The Morgan fingerprint density at radius 1 is 1.03 bits per heavy atom. The van der Waals surface area contributed by atoms with Crippen molar-refractivity contribution >= 4 is 66.6 Å². The van der Waals surface area contributed by atoms with Crippen LogP contribution in [0, 0.1) is 0 Å². The maximum Gasteiger partial charge on any atom is 0.262 e. The molecule has 1 aromatic heterocycles. The van der Waals surface area contributed by atoms with Crippen LogP contribution in [0.2, 0.25) is 0 Å². The number of amides is 3. The summed E-state index contributed by atoms with van der Waals surface area (Å²) in [6.45, 7) is 2.31. The van der Waals surface area contributed by atoms with Crippen molar-refractivity contribution in [3.63, 3.8) is 0 Å². The van der Waals surface area contributed by atoms with Crippen LogP contribution in [0.15, 0.2) is 38.6 Å². The summed E-state index contributed by atoms with van der Waals surface area (Å²) in [5, 5.41) is 5.87. The molecule has 0 aliphatic carbocycles. The molecule has 7 nitrogen and oxygen atoms in total. The number of thiophene rings is 1. The van der Waals surface area contributed by atoms with Crippen LogP contribution >= 0.6 is 43.2 Å². The predicted octanol–water partition coefficient (Wildman–Crippen LogP) is 4.43. The van der Waals surface area contributed by atoms with Gasteiger partial charge < -0.3 is 20.3 Å². The summed E-state index contributed by atoms with van der Waals surface area (Å²) >= 11 is 8.15. The highest BCUT2D eigenvalue weighted by molar-refractivity contribution is 9.11. The molecule has 0 atom stereocenters. The number of carbonyl (C=O) groups is 3.